The highest BCUT2D eigenvalue weighted by Crippen LogP contribution is 2.29. The van der Waals surface area contributed by atoms with Crippen molar-refractivity contribution in [3.8, 4) is 5.75 Å². The minimum absolute atomic E-state index is 0.0706. The largest absolute Gasteiger partial charge is 0.477 e. The van der Waals surface area contributed by atoms with E-state index in [1.54, 1.807) is 12.1 Å². The number of amides is 1. The normalized spacial score (nSPS) is 10.6. The quantitative estimate of drug-likeness (QED) is 0.497. The molecule has 1 aromatic heterocycles. The van der Waals surface area contributed by atoms with Crippen LogP contribution in [0.25, 0.3) is 10.2 Å². The number of thiazole rings is 1. The van der Waals surface area contributed by atoms with E-state index >= 15 is 0 Å². The summed E-state index contributed by atoms with van der Waals surface area (Å²) in [5.74, 6) is -0.235. The molecule has 1 heterocycles. The van der Waals surface area contributed by atoms with Gasteiger partial charge in [0.15, 0.2) is 17.5 Å². The molecule has 3 aromatic rings. The molecule has 0 atom stereocenters. The first-order valence-electron chi connectivity index (χ1n) is 7.62. The molecule has 0 N–H and O–H groups in total. The van der Waals surface area contributed by atoms with E-state index in [4.69, 9.17) is 4.74 Å². The fourth-order valence-electron chi connectivity index (χ4n) is 2.34. The summed E-state index contributed by atoms with van der Waals surface area (Å²) in [7, 11) is 0. The van der Waals surface area contributed by atoms with Crippen LogP contribution in [0, 0.1) is 10.1 Å². The summed E-state index contributed by atoms with van der Waals surface area (Å²) in [4.78, 5) is 28.9. The van der Waals surface area contributed by atoms with Crippen LogP contribution in [-0.2, 0) is 4.79 Å². The van der Waals surface area contributed by atoms with Gasteiger partial charge >= 0.3 is 5.69 Å². The first-order chi connectivity index (χ1) is 12.1. The number of ether oxygens (including phenoxy) is 1. The maximum Gasteiger partial charge on any atom is 0.310 e. The van der Waals surface area contributed by atoms with Gasteiger partial charge in [-0.1, -0.05) is 35.6 Å². The van der Waals surface area contributed by atoms with E-state index in [-0.39, 0.29) is 24.0 Å². The molecule has 0 saturated carbocycles. The Morgan fingerprint density at radius 1 is 1.24 bits per heavy atom. The van der Waals surface area contributed by atoms with E-state index in [1.807, 2.05) is 31.2 Å². The summed E-state index contributed by atoms with van der Waals surface area (Å²) < 4.78 is 6.37. The van der Waals surface area contributed by atoms with Gasteiger partial charge in [-0.3, -0.25) is 19.8 Å². The Hall–Kier alpha value is -3.00. The van der Waals surface area contributed by atoms with Crippen LogP contribution in [0.4, 0.5) is 10.8 Å². The number of carbonyl (C=O) groups is 1. The molecule has 7 nitrogen and oxygen atoms in total. The van der Waals surface area contributed by atoms with Gasteiger partial charge in [-0.05, 0) is 25.1 Å². The second-order valence-corrected chi connectivity index (χ2v) is 6.12. The number of nitro groups is 1. The van der Waals surface area contributed by atoms with Crippen molar-refractivity contribution < 1.29 is 14.5 Å². The number of nitro benzene ring substituents is 1. The second-order valence-electron chi connectivity index (χ2n) is 5.12. The number of anilines is 1. The van der Waals surface area contributed by atoms with Gasteiger partial charge in [0, 0.05) is 12.6 Å². The fourth-order valence-corrected chi connectivity index (χ4v) is 3.39. The summed E-state index contributed by atoms with van der Waals surface area (Å²) in [6.07, 6.45) is 0. The Labute approximate surface area is 147 Å². The van der Waals surface area contributed by atoms with Crippen molar-refractivity contribution in [2.75, 3.05) is 18.1 Å². The predicted octanol–water partition coefficient (Wildman–Crippen LogP) is 3.64. The smallest absolute Gasteiger partial charge is 0.310 e. The first kappa shape index (κ1) is 16.8. The minimum Gasteiger partial charge on any atom is -0.477 e. The highest BCUT2D eigenvalue weighted by Gasteiger charge is 2.20. The number of nitrogens with zero attached hydrogens (tertiary/aromatic N) is 3. The van der Waals surface area contributed by atoms with Gasteiger partial charge in [-0.25, -0.2) is 4.98 Å². The molecule has 25 heavy (non-hydrogen) atoms. The molecule has 0 radical (unpaired) electrons. The monoisotopic (exact) mass is 357 g/mol. The summed E-state index contributed by atoms with van der Waals surface area (Å²) in [6, 6.07) is 13.6. The van der Waals surface area contributed by atoms with Gasteiger partial charge in [0.1, 0.15) is 0 Å². The van der Waals surface area contributed by atoms with Crippen molar-refractivity contribution in [2.45, 2.75) is 6.92 Å². The van der Waals surface area contributed by atoms with Crippen molar-refractivity contribution in [1.29, 1.82) is 0 Å². The zero-order valence-corrected chi connectivity index (χ0v) is 14.2. The lowest BCUT2D eigenvalue weighted by Gasteiger charge is -2.17. The van der Waals surface area contributed by atoms with Crippen molar-refractivity contribution in [3.63, 3.8) is 0 Å². The summed E-state index contributed by atoms with van der Waals surface area (Å²) in [5, 5.41) is 11.6. The van der Waals surface area contributed by atoms with Crippen molar-refractivity contribution in [1.82, 2.24) is 4.98 Å². The van der Waals surface area contributed by atoms with Crippen molar-refractivity contribution in [2.24, 2.45) is 0 Å². The molecule has 0 aliphatic carbocycles. The van der Waals surface area contributed by atoms with Gasteiger partial charge < -0.3 is 4.74 Å². The SMILES string of the molecule is CCN(C(=O)COc1ccccc1[N+](=O)[O-])c1nc2ccccc2s1. The van der Waals surface area contributed by atoms with Crippen LogP contribution in [0.3, 0.4) is 0 Å². The molecule has 0 saturated heterocycles. The summed E-state index contributed by atoms with van der Waals surface area (Å²) >= 11 is 1.42. The number of fused-ring (bicyclic) bond motifs is 1. The Morgan fingerprint density at radius 2 is 1.96 bits per heavy atom. The molecule has 0 bridgehead atoms. The highest BCUT2D eigenvalue weighted by atomic mass is 32.1. The Balaban J connectivity index is 1.76. The van der Waals surface area contributed by atoms with Crippen LogP contribution in [0.15, 0.2) is 48.5 Å². The second kappa shape index (κ2) is 7.27. The lowest BCUT2D eigenvalue weighted by Crippen LogP contribution is -2.34. The summed E-state index contributed by atoms with van der Waals surface area (Å²) in [6.45, 7) is 1.97. The third-order valence-corrected chi connectivity index (χ3v) is 4.60. The number of rotatable bonds is 6. The maximum atomic E-state index is 12.5. The van der Waals surface area contributed by atoms with Crippen LogP contribution < -0.4 is 9.64 Å². The third kappa shape index (κ3) is 3.58. The third-order valence-electron chi connectivity index (χ3n) is 3.54. The van der Waals surface area contributed by atoms with E-state index in [0.29, 0.717) is 11.7 Å². The lowest BCUT2D eigenvalue weighted by molar-refractivity contribution is -0.385. The van der Waals surface area contributed by atoms with Gasteiger partial charge in [0.05, 0.1) is 15.1 Å². The van der Waals surface area contributed by atoms with E-state index < -0.39 is 4.92 Å². The fraction of sp³-hybridized carbons (Fsp3) is 0.176. The number of benzene rings is 2. The molecule has 0 aliphatic rings. The van der Waals surface area contributed by atoms with E-state index in [0.717, 1.165) is 10.2 Å². The number of hydrogen-bond donors (Lipinski definition) is 0. The first-order valence-corrected chi connectivity index (χ1v) is 8.44. The van der Waals surface area contributed by atoms with Gasteiger partial charge in [-0.15, -0.1) is 0 Å². The minimum atomic E-state index is -0.537. The van der Waals surface area contributed by atoms with Gasteiger partial charge in [0.25, 0.3) is 5.91 Å². The van der Waals surface area contributed by atoms with Crippen LogP contribution in [0.1, 0.15) is 6.92 Å². The average molecular weight is 357 g/mol. The molecule has 128 valence electrons. The van der Waals surface area contributed by atoms with Gasteiger partial charge in [-0.2, -0.15) is 0 Å². The molecule has 0 fully saturated rings. The maximum absolute atomic E-state index is 12.5. The number of para-hydroxylation sites is 3. The molecule has 3 rings (SSSR count). The van der Waals surface area contributed by atoms with E-state index in [9.17, 15) is 14.9 Å². The number of aromatic nitrogens is 1. The Bertz CT molecular complexity index is 892. The van der Waals surface area contributed by atoms with E-state index in [2.05, 4.69) is 4.98 Å². The molecular weight excluding hydrogens is 342 g/mol. The number of carbonyl (C=O) groups excluding carboxylic acids is 1. The molecule has 0 spiro atoms. The lowest BCUT2D eigenvalue weighted by atomic mass is 10.3. The average Bonchev–Trinajstić information content (AvgIpc) is 3.04. The molecule has 1 amide bonds. The Kier molecular flexibility index (Phi) is 4.90. The molecule has 0 aliphatic heterocycles. The predicted molar refractivity (Wildman–Crippen MR) is 96.2 cm³/mol. The highest BCUT2D eigenvalue weighted by molar-refractivity contribution is 7.22. The Morgan fingerprint density at radius 3 is 2.68 bits per heavy atom. The van der Waals surface area contributed by atoms with E-state index in [1.165, 1.54) is 28.4 Å². The zero-order valence-electron chi connectivity index (χ0n) is 13.4. The summed E-state index contributed by atoms with van der Waals surface area (Å²) in [5.41, 5.74) is 0.659. The molecule has 2 aromatic carbocycles. The van der Waals surface area contributed by atoms with Crippen molar-refractivity contribution in [3.05, 3.63) is 58.6 Å². The van der Waals surface area contributed by atoms with Gasteiger partial charge in [0.2, 0.25) is 0 Å². The van der Waals surface area contributed by atoms with Crippen molar-refractivity contribution >= 4 is 38.3 Å². The van der Waals surface area contributed by atoms with Crippen LogP contribution in [-0.4, -0.2) is 29.0 Å². The van der Waals surface area contributed by atoms with Crippen LogP contribution in [0.5, 0.6) is 5.75 Å². The number of hydrogen-bond acceptors (Lipinski definition) is 6. The van der Waals surface area contributed by atoms with Crippen LogP contribution >= 0.6 is 11.3 Å². The standard InChI is InChI=1S/C17H15N3O4S/c1-2-19(17-18-12-7-3-6-10-15(12)25-17)16(21)11-24-14-9-5-4-8-13(14)20(22)23/h3-10H,2,11H2,1H3. The number of likely N-dealkylation sites (N-methyl/N-ethyl adjacent to an activating group) is 1. The topological polar surface area (TPSA) is 85.6 Å². The van der Waals surface area contributed by atoms with Crippen LogP contribution in [0.2, 0.25) is 0 Å². The molecule has 0 unspecified atom stereocenters. The molecular formula is C17H15N3O4S. The zero-order chi connectivity index (χ0) is 17.8. The molecule has 8 heteroatoms.